The molecular formula is C18H16FNO4S2. The van der Waals surface area contributed by atoms with Crippen LogP contribution in [0.1, 0.15) is 12.8 Å². The van der Waals surface area contributed by atoms with Crippen molar-refractivity contribution in [2.45, 2.75) is 29.9 Å². The van der Waals surface area contributed by atoms with Crippen molar-refractivity contribution in [1.29, 1.82) is 0 Å². The largest absolute Gasteiger partial charge is 0.494 e. The van der Waals surface area contributed by atoms with Crippen LogP contribution in [0.3, 0.4) is 0 Å². The van der Waals surface area contributed by atoms with Gasteiger partial charge in [-0.05, 0) is 60.5 Å². The quantitative estimate of drug-likeness (QED) is 0.424. The van der Waals surface area contributed by atoms with Crippen LogP contribution in [-0.2, 0) is 14.3 Å². The van der Waals surface area contributed by atoms with Crippen molar-refractivity contribution in [1.82, 2.24) is 0 Å². The van der Waals surface area contributed by atoms with E-state index < -0.39 is 22.0 Å². The number of hydrogen-bond donors (Lipinski definition) is 0. The van der Waals surface area contributed by atoms with Crippen LogP contribution in [0, 0.1) is 5.82 Å². The van der Waals surface area contributed by atoms with Crippen molar-refractivity contribution in [3.8, 4) is 16.9 Å². The molecule has 0 N–H and O–H groups in total. The maximum atomic E-state index is 13.8. The fourth-order valence-electron chi connectivity index (χ4n) is 2.69. The van der Waals surface area contributed by atoms with Crippen LogP contribution in [0.15, 0.2) is 52.4 Å². The van der Waals surface area contributed by atoms with E-state index in [4.69, 9.17) is 8.92 Å². The van der Waals surface area contributed by atoms with E-state index in [9.17, 15) is 12.8 Å². The van der Waals surface area contributed by atoms with Crippen molar-refractivity contribution in [3.63, 3.8) is 0 Å². The van der Waals surface area contributed by atoms with Crippen LogP contribution in [0.2, 0.25) is 0 Å². The zero-order chi connectivity index (χ0) is 18.7. The molecule has 2 aromatic rings. The smallest absolute Gasteiger partial charge is 0.297 e. The fraction of sp³-hybridized carbons (Fsp3) is 0.278. The average molecular weight is 393 g/mol. The van der Waals surface area contributed by atoms with Crippen molar-refractivity contribution in [2.75, 3.05) is 7.11 Å². The molecule has 2 aromatic carbocycles. The predicted octanol–water partition coefficient (Wildman–Crippen LogP) is 3.84. The molecule has 0 unspecified atom stereocenters. The van der Waals surface area contributed by atoms with Gasteiger partial charge in [0.2, 0.25) is 0 Å². The van der Waals surface area contributed by atoms with Gasteiger partial charge in [-0.15, -0.1) is 0 Å². The number of benzene rings is 2. The monoisotopic (exact) mass is 393 g/mol. The first kappa shape index (κ1) is 18.7. The maximum Gasteiger partial charge on any atom is 0.297 e. The summed E-state index contributed by atoms with van der Waals surface area (Å²) in [6.45, 7) is 0. The maximum absolute atomic E-state index is 13.8. The fourth-order valence-corrected chi connectivity index (χ4v) is 3.94. The van der Waals surface area contributed by atoms with Crippen molar-refractivity contribution in [3.05, 3.63) is 48.3 Å². The Kier molecular flexibility index (Phi) is 5.48. The molecule has 0 saturated heterocycles. The molecule has 0 aromatic heterocycles. The topological polar surface area (TPSA) is 65.0 Å². The van der Waals surface area contributed by atoms with Gasteiger partial charge in [-0.25, -0.2) is 9.38 Å². The minimum Gasteiger partial charge on any atom is -0.494 e. The Morgan fingerprint density at radius 3 is 2.38 bits per heavy atom. The van der Waals surface area contributed by atoms with Crippen LogP contribution >= 0.6 is 12.2 Å². The van der Waals surface area contributed by atoms with Gasteiger partial charge in [0.05, 0.1) is 29.3 Å². The molecule has 0 bridgehead atoms. The average Bonchev–Trinajstić information content (AvgIpc) is 2.60. The lowest BCUT2D eigenvalue weighted by molar-refractivity contribution is 0.109. The predicted molar refractivity (Wildman–Crippen MR) is 98.5 cm³/mol. The summed E-state index contributed by atoms with van der Waals surface area (Å²) in [6, 6.07) is 10.6. The summed E-state index contributed by atoms with van der Waals surface area (Å²) in [5.41, 5.74) is 1.30. The Hall–Kier alpha value is -2.12. The lowest BCUT2D eigenvalue weighted by atomic mass is 9.90. The normalized spacial score (nSPS) is 19.3. The van der Waals surface area contributed by atoms with Crippen molar-refractivity contribution < 1.29 is 21.7 Å². The summed E-state index contributed by atoms with van der Waals surface area (Å²) in [5, 5.41) is 2.29. The van der Waals surface area contributed by atoms with E-state index in [-0.39, 0.29) is 16.7 Å². The Labute approximate surface area is 156 Å². The number of nitrogens with zero attached hydrogens (tertiary/aromatic N) is 1. The zero-order valence-corrected chi connectivity index (χ0v) is 15.5. The highest BCUT2D eigenvalue weighted by atomic mass is 32.2. The highest BCUT2D eigenvalue weighted by Gasteiger charge is 2.34. The molecule has 3 rings (SSSR count). The van der Waals surface area contributed by atoms with Crippen molar-refractivity contribution >= 4 is 27.5 Å². The second kappa shape index (κ2) is 7.63. The molecule has 26 heavy (non-hydrogen) atoms. The van der Waals surface area contributed by atoms with E-state index in [0.717, 1.165) is 0 Å². The van der Waals surface area contributed by atoms with Gasteiger partial charge in [0, 0.05) is 0 Å². The molecule has 0 amide bonds. The van der Waals surface area contributed by atoms with E-state index in [1.807, 2.05) is 0 Å². The third-order valence-electron chi connectivity index (χ3n) is 4.20. The van der Waals surface area contributed by atoms with Crippen LogP contribution < -0.4 is 4.74 Å². The Bertz CT molecular complexity index is 948. The number of methoxy groups -OCH3 is 1. The SMILES string of the molecule is COc1ccc(-c2ccc(S(=O)(=O)O[C@H]3C[C@@H](N=C=S)C3)cc2)cc1F. The van der Waals surface area contributed by atoms with E-state index in [1.54, 1.807) is 18.2 Å². The number of thiocarbonyl (C=S) groups is 1. The second-order valence-electron chi connectivity index (χ2n) is 5.89. The molecule has 1 aliphatic rings. The first-order valence-electron chi connectivity index (χ1n) is 7.87. The number of halogens is 1. The third kappa shape index (κ3) is 3.99. The van der Waals surface area contributed by atoms with Crippen LogP contribution in [0.4, 0.5) is 4.39 Å². The number of hydrogen-bond acceptors (Lipinski definition) is 6. The minimum atomic E-state index is -3.86. The zero-order valence-electron chi connectivity index (χ0n) is 13.9. The molecule has 8 heteroatoms. The van der Waals surface area contributed by atoms with Gasteiger partial charge in [-0.1, -0.05) is 18.2 Å². The molecule has 0 radical (unpaired) electrons. The molecule has 1 saturated carbocycles. The number of ether oxygens (including phenoxy) is 1. The third-order valence-corrected chi connectivity index (χ3v) is 5.68. The Morgan fingerprint density at radius 1 is 1.15 bits per heavy atom. The molecular weight excluding hydrogens is 377 g/mol. The molecule has 5 nitrogen and oxygen atoms in total. The summed E-state index contributed by atoms with van der Waals surface area (Å²) < 4.78 is 48.6. The molecule has 1 fully saturated rings. The van der Waals surface area contributed by atoms with Gasteiger partial charge in [0.15, 0.2) is 11.6 Å². The first-order valence-corrected chi connectivity index (χ1v) is 9.69. The van der Waals surface area contributed by atoms with E-state index in [1.165, 1.54) is 31.4 Å². The van der Waals surface area contributed by atoms with Crippen LogP contribution in [0.25, 0.3) is 11.1 Å². The Morgan fingerprint density at radius 2 is 1.81 bits per heavy atom. The van der Waals surface area contributed by atoms with Gasteiger partial charge >= 0.3 is 0 Å². The molecule has 0 spiro atoms. The molecule has 1 aliphatic carbocycles. The van der Waals surface area contributed by atoms with Gasteiger partial charge in [-0.2, -0.15) is 8.42 Å². The van der Waals surface area contributed by atoms with Crippen LogP contribution in [0.5, 0.6) is 5.75 Å². The molecule has 136 valence electrons. The Balaban J connectivity index is 1.72. The first-order chi connectivity index (χ1) is 12.4. The van der Waals surface area contributed by atoms with E-state index in [0.29, 0.717) is 24.0 Å². The number of aliphatic imine (C=N–C) groups is 1. The van der Waals surface area contributed by atoms with E-state index >= 15 is 0 Å². The summed E-state index contributed by atoms with van der Waals surface area (Å²) in [7, 11) is -2.47. The molecule has 0 heterocycles. The lowest BCUT2D eigenvalue weighted by Gasteiger charge is -2.30. The molecule has 0 atom stereocenters. The van der Waals surface area contributed by atoms with Gasteiger partial charge in [-0.3, -0.25) is 4.18 Å². The highest BCUT2D eigenvalue weighted by Crippen LogP contribution is 2.31. The van der Waals surface area contributed by atoms with Crippen LogP contribution in [-0.4, -0.2) is 32.8 Å². The van der Waals surface area contributed by atoms with Gasteiger partial charge in [0.25, 0.3) is 10.1 Å². The summed E-state index contributed by atoms with van der Waals surface area (Å²) in [6.07, 6.45) is 0.616. The standard InChI is InChI=1S/C18H16FNO4S2/c1-23-18-7-4-13(8-17(18)19)12-2-5-16(6-3-12)26(21,22)24-15-9-14(10-15)20-11-25/h2-8,14-15H,9-10H2,1H3/t14-,15+. The lowest BCUT2D eigenvalue weighted by Crippen LogP contribution is -2.35. The second-order valence-corrected chi connectivity index (χ2v) is 7.65. The van der Waals surface area contributed by atoms with E-state index in [2.05, 4.69) is 22.4 Å². The summed E-state index contributed by atoms with van der Waals surface area (Å²) in [4.78, 5) is 3.95. The summed E-state index contributed by atoms with van der Waals surface area (Å²) >= 11 is 4.52. The van der Waals surface area contributed by atoms with Gasteiger partial charge < -0.3 is 4.74 Å². The van der Waals surface area contributed by atoms with Crippen molar-refractivity contribution in [2.24, 2.45) is 4.99 Å². The number of rotatable bonds is 6. The number of isothiocyanates is 1. The minimum absolute atomic E-state index is 0.0138. The summed E-state index contributed by atoms with van der Waals surface area (Å²) in [5.74, 6) is -0.332. The molecule has 0 aliphatic heterocycles. The van der Waals surface area contributed by atoms with Gasteiger partial charge in [0.1, 0.15) is 0 Å². The highest BCUT2D eigenvalue weighted by molar-refractivity contribution is 7.86.